The highest BCUT2D eigenvalue weighted by Crippen LogP contribution is 2.36. The first-order valence-corrected chi connectivity index (χ1v) is 8.58. The van der Waals surface area contributed by atoms with Crippen LogP contribution in [0, 0.1) is 0 Å². The van der Waals surface area contributed by atoms with Crippen molar-refractivity contribution >= 4 is 17.5 Å². The zero-order valence-electron chi connectivity index (χ0n) is 13.9. The summed E-state index contributed by atoms with van der Waals surface area (Å²) in [5, 5.41) is 11.5. The van der Waals surface area contributed by atoms with Crippen molar-refractivity contribution in [3.63, 3.8) is 0 Å². The Labute approximate surface area is 146 Å². The van der Waals surface area contributed by atoms with Gasteiger partial charge in [0.25, 0.3) is 5.91 Å². The molecule has 0 aliphatic carbocycles. The van der Waals surface area contributed by atoms with E-state index in [2.05, 4.69) is 4.98 Å². The minimum atomic E-state index is -0.980. The number of aliphatic hydroxyl groups is 1. The topological polar surface area (TPSA) is 58.4 Å². The van der Waals surface area contributed by atoms with Crippen molar-refractivity contribution in [3.8, 4) is 0 Å². The molecule has 1 aliphatic rings. The summed E-state index contributed by atoms with van der Waals surface area (Å²) >= 11 is 6.22. The van der Waals surface area contributed by atoms with E-state index >= 15 is 0 Å². The Morgan fingerprint density at radius 1 is 1.29 bits per heavy atom. The minimum absolute atomic E-state index is 0.0874. The molecule has 2 heterocycles. The molecule has 6 heteroatoms. The lowest BCUT2D eigenvalue weighted by molar-refractivity contribution is -0.0211. The highest BCUT2D eigenvalue weighted by molar-refractivity contribution is 6.31. The van der Waals surface area contributed by atoms with Gasteiger partial charge in [0.1, 0.15) is 5.69 Å². The summed E-state index contributed by atoms with van der Waals surface area (Å²) < 4.78 is 1.91. The van der Waals surface area contributed by atoms with Gasteiger partial charge in [0.15, 0.2) is 0 Å². The monoisotopic (exact) mass is 347 g/mol. The highest BCUT2D eigenvalue weighted by Gasteiger charge is 2.37. The SMILES string of the molecule is CC(C)n1cnc(C(=O)N2CCC(O)(c3ccccc3Cl)CC2)c1. The van der Waals surface area contributed by atoms with Crippen molar-refractivity contribution in [1.82, 2.24) is 14.5 Å². The molecule has 128 valence electrons. The molecule has 24 heavy (non-hydrogen) atoms. The number of likely N-dealkylation sites (tertiary alicyclic amines) is 1. The van der Waals surface area contributed by atoms with Gasteiger partial charge in [0.05, 0.1) is 11.9 Å². The molecule has 0 spiro atoms. The van der Waals surface area contributed by atoms with Crippen molar-refractivity contribution in [2.75, 3.05) is 13.1 Å². The first-order chi connectivity index (χ1) is 11.4. The summed E-state index contributed by atoms with van der Waals surface area (Å²) in [5.74, 6) is -0.0874. The smallest absolute Gasteiger partial charge is 0.274 e. The van der Waals surface area contributed by atoms with E-state index < -0.39 is 5.60 Å². The fourth-order valence-corrected chi connectivity index (χ4v) is 3.39. The number of imidazole rings is 1. The van der Waals surface area contributed by atoms with E-state index in [9.17, 15) is 9.90 Å². The Bertz CT molecular complexity index is 733. The summed E-state index contributed by atoms with van der Waals surface area (Å²) in [6.07, 6.45) is 4.39. The van der Waals surface area contributed by atoms with Crippen LogP contribution < -0.4 is 0 Å². The number of carbonyl (C=O) groups excluding carboxylic acids is 1. The summed E-state index contributed by atoms with van der Waals surface area (Å²) in [4.78, 5) is 18.6. The van der Waals surface area contributed by atoms with Crippen LogP contribution in [-0.2, 0) is 5.60 Å². The maximum absolute atomic E-state index is 12.6. The maximum Gasteiger partial charge on any atom is 0.274 e. The molecule has 5 nitrogen and oxygen atoms in total. The fourth-order valence-electron chi connectivity index (χ4n) is 3.08. The molecule has 1 amide bonds. The molecule has 1 aliphatic heterocycles. The molecule has 0 unspecified atom stereocenters. The van der Waals surface area contributed by atoms with Gasteiger partial charge in [-0.25, -0.2) is 4.98 Å². The van der Waals surface area contributed by atoms with Crippen LogP contribution >= 0.6 is 11.6 Å². The molecule has 2 aromatic rings. The highest BCUT2D eigenvalue weighted by atomic mass is 35.5. The van der Waals surface area contributed by atoms with Gasteiger partial charge in [-0.15, -0.1) is 0 Å². The number of amides is 1. The van der Waals surface area contributed by atoms with Crippen LogP contribution in [0.2, 0.25) is 5.02 Å². The second kappa shape index (κ2) is 6.57. The second-order valence-electron chi connectivity index (χ2n) is 6.60. The van der Waals surface area contributed by atoms with Gasteiger partial charge in [0, 0.05) is 35.9 Å². The van der Waals surface area contributed by atoms with E-state index in [-0.39, 0.29) is 11.9 Å². The van der Waals surface area contributed by atoms with Crippen LogP contribution in [-0.4, -0.2) is 38.6 Å². The van der Waals surface area contributed by atoms with Crippen LogP contribution in [0.4, 0.5) is 0 Å². The number of piperidine rings is 1. The van der Waals surface area contributed by atoms with Crippen molar-refractivity contribution in [1.29, 1.82) is 0 Å². The fraction of sp³-hybridized carbons (Fsp3) is 0.444. The summed E-state index contributed by atoms with van der Waals surface area (Å²) in [5.41, 5.74) is 0.210. The summed E-state index contributed by atoms with van der Waals surface area (Å²) in [7, 11) is 0. The third kappa shape index (κ3) is 3.19. The van der Waals surface area contributed by atoms with Crippen molar-refractivity contribution < 1.29 is 9.90 Å². The van der Waals surface area contributed by atoms with Gasteiger partial charge in [-0.2, -0.15) is 0 Å². The molecule has 1 fully saturated rings. The van der Waals surface area contributed by atoms with Gasteiger partial charge >= 0.3 is 0 Å². The lowest BCUT2D eigenvalue weighted by Crippen LogP contribution is -2.45. The molecule has 1 saturated heterocycles. The number of nitrogens with zero attached hydrogens (tertiary/aromatic N) is 3. The van der Waals surface area contributed by atoms with Crippen LogP contribution in [0.3, 0.4) is 0 Å². The molecular weight excluding hydrogens is 326 g/mol. The number of carbonyl (C=O) groups is 1. The molecule has 1 aromatic heterocycles. The lowest BCUT2D eigenvalue weighted by atomic mass is 9.84. The first kappa shape index (κ1) is 17.0. The summed E-state index contributed by atoms with van der Waals surface area (Å²) in [6, 6.07) is 7.62. The van der Waals surface area contributed by atoms with Crippen molar-refractivity contribution in [2.24, 2.45) is 0 Å². The predicted octanol–water partition coefficient (Wildman–Crippen LogP) is 3.24. The van der Waals surface area contributed by atoms with Crippen molar-refractivity contribution in [3.05, 3.63) is 53.1 Å². The molecule has 0 bridgehead atoms. The van der Waals surface area contributed by atoms with Crippen LogP contribution in [0.15, 0.2) is 36.8 Å². The van der Waals surface area contributed by atoms with Crippen LogP contribution in [0.25, 0.3) is 0 Å². The molecule has 0 saturated carbocycles. The van der Waals surface area contributed by atoms with Gasteiger partial charge in [-0.05, 0) is 32.8 Å². The molecule has 1 aromatic carbocycles. The van der Waals surface area contributed by atoms with E-state index in [0.29, 0.717) is 36.6 Å². The van der Waals surface area contributed by atoms with E-state index in [1.54, 1.807) is 23.5 Å². The van der Waals surface area contributed by atoms with Gasteiger partial charge in [-0.1, -0.05) is 29.8 Å². The van der Waals surface area contributed by atoms with Crippen molar-refractivity contribution in [2.45, 2.75) is 38.3 Å². The Balaban J connectivity index is 1.70. The summed E-state index contributed by atoms with van der Waals surface area (Å²) in [6.45, 7) is 5.05. The molecule has 1 N–H and O–H groups in total. The second-order valence-corrected chi connectivity index (χ2v) is 7.01. The van der Waals surface area contributed by atoms with Gasteiger partial charge in [0.2, 0.25) is 0 Å². The molecule has 0 atom stereocenters. The van der Waals surface area contributed by atoms with Gasteiger partial charge < -0.3 is 14.6 Å². The number of rotatable bonds is 3. The number of halogens is 1. The first-order valence-electron chi connectivity index (χ1n) is 8.21. The van der Waals surface area contributed by atoms with Crippen LogP contribution in [0.5, 0.6) is 0 Å². The molecule has 0 radical (unpaired) electrons. The Morgan fingerprint density at radius 2 is 1.96 bits per heavy atom. The van der Waals surface area contributed by atoms with E-state index in [1.165, 1.54) is 0 Å². The zero-order chi connectivity index (χ0) is 17.3. The van der Waals surface area contributed by atoms with E-state index in [4.69, 9.17) is 11.6 Å². The number of benzene rings is 1. The average Bonchev–Trinajstić information content (AvgIpc) is 3.05. The maximum atomic E-state index is 12.6. The zero-order valence-corrected chi connectivity index (χ0v) is 14.7. The standard InChI is InChI=1S/C18H22ClN3O2/c1-13(2)22-11-16(20-12-22)17(23)21-9-7-18(24,8-10-21)14-5-3-4-6-15(14)19/h3-6,11-13,24H,7-10H2,1-2H3. The molecular formula is C18H22ClN3O2. The Morgan fingerprint density at radius 3 is 2.54 bits per heavy atom. The largest absolute Gasteiger partial charge is 0.385 e. The predicted molar refractivity (Wildman–Crippen MR) is 93.1 cm³/mol. The third-order valence-corrected chi connectivity index (χ3v) is 5.00. The lowest BCUT2D eigenvalue weighted by Gasteiger charge is -2.38. The number of hydrogen-bond acceptors (Lipinski definition) is 3. The number of hydrogen-bond donors (Lipinski definition) is 1. The number of aromatic nitrogens is 2. The van der Waals surface area contributed by atoms with Crippen LogP contribution in [0.1, 0.15) is 48.8 Å². The van der Waals surface area contributed by atoms with E-state index in [1.807, 2.05) is 36.6 Å². The Hall–Kier alpha value is -1.85. The molecule has 3 rings (SSSR count). The minimum Gasteiger partial charge on any atom is -0.385 e. The van der Waals surface area contributed by atoms with E-state index in [0.717, 1.165) is 5.56 Å². The third-order valence-electron chi connectivity index (χ3n) is 4.67. The average molecular weight is 348 g/mol. The normalized spacial score (nSPS) is 17.3. The van der Waals surface area contributed by atoms with Gasteiger partial charge in [-0.3, -0.25) is 4.79 Å². The quantitative estimate of drug-likeness (QED) is 0.927. The Kier molecular flexibility index (Phi) is 4.65.